The Hall–Kier alpha value is 0. The van der Waals surface area contributed by atoms with Crippen LogP contribution in [0, 0.1) is 17.8 Å². The summed E-state index contributed by atoms with van der Waals surface area (Å²) in [4.78, 5) is 0. The third-order valence-electron chi connectivity index (χ3n) is 4.26. The molecule has 0 aromatic rings. The third kappa shape index (κ3) is 8.69. The maximum absolute atomic E-state index is 2.39. The lowest BCUT2D eigenvalue weighted by Gasteiger charge is -2.26. The molecule has 2 atom stereocenters. The highest BCUT2D eigenvalue weighted by Gasteiger charge is 2.17. The molecule has 0 N–H and O–H groups in total. The zero-order valence-electron chi connectivity index (χ0n) is 13.1. The van der Waals surface area contributed by atoms with Crippen molar-refractivity contribution in [3.63, 3.8) is 0 Å². The molecule has 0 saturated carbocycles. The van der Waals surface area contributed by atoms with Gasteiger partial charge in [-0.15, -0.1) is 0 Å². The Morgan fingerprint density at radius 3 is 1.71 bits per heavy atom. The molecule has 0 spiro atoms. The molecule has 104 valence electrons. The van der Waals surface area contributed by atoms with Crippen molar-refractivity contribution in [2.24, 2.45) is 17.8 Å². The Morgan fingerprint density at radius 1 is 0.647 bits per heavy atom. The van der Waals surface area contributed by atoms with E-state index in [0.717, 1.165) is 17.8 Å². The fourth-order valence-corrected chi connectivity index (χ4v) is 2.93. The Labute approximate surface area is 111 Å². The number of hydrogen-bond donors (Lipinski definition) is 0. The van der Waals surface area contributed by atoms with Crippen LogP contribution in [0.5, 0.6) is 0 Å². The first kappa shape index (κ1) is 17.0. The van der Waals surface area contributed by atoms with Crippen molar-refractivity contribution in [2.75, 3.05) is 0 Å². The number of unbranched alkanes of at least 4 members (excludes halogenated alkanes) is 3. The van der Waals surface area contributed by atoms with Crippen LogP contribution in [-0.4, -0.2) is 0 Å². The normalized spacial score (nSPS) is 15.2. The van der Waals surface area contributed by atoms with Gasteiger partial charge in [0.15, 0.2) is 0 Å². The molecule has 0 aliphatic carbocycles. The standard InChI is InChI=1S/C17H36/c1-6-9-10-11-12-16(7-2)17(8-3)14-13-15(4)5/h15-17H,6-14H2,1-5H3. The zero-order chi connectivity index (χ0) is 13.1. The maximum atomic E-state index is 2.39. The van der Waals surface area contributed by atoms with Gasteiger partial charge >= 0.3 is 0 Å². The first-order valence-electron chi connectivity index (χ1n) is 8.15. The van der Waals surface area contributed by atoms with E-state index >= 15 is 0 Å². The van der Waals surface area contributed by atoms with E-state index < -0.39 is 0 Å². The predicted molar refractivity (Wildman–Crippen MR) is 80.4 cm³/mol. The molecule has 0 aliphatic rings. The molecule has 0 saturated heterocycles. The first-order valence-corrected chi connectivity index (χ1v) is 8.15. The molecule has 0 amide bonds. The van der Waals surface area contributed by atoms with Gasteiger partial charge in [0, 0.05) is 0 Å². The van der Waals surface area contributed by atoms with Gasteiger partial charge in [-0.2, -0.15) is 0 Å². The van der Waals surface area contributed by atoms with Crippen LogP contribution in [-0.2, 0) is 0 Å². The van der Waals surface area contributed by atoms with Crippen LogP contribution in [0.4, 0.5) is 0 Å². The molecule has 0 heteroatoms. The van der Waals surface area contributed by atoms with E-state index in [2.05, 4.69) is 34.6 Å². The second-order valence-corrected chi connectivity index (χ2v) is 6.16. The van der Waals surface area contributed by atoms with Crippen LogP contribution < -0.4 is 0 Å². The van der Waals surface area contributed by atoms with Crippen molar-refractivity contribution in [3.8, 4) is 0 Å². The minimum atomic E-state index is 0.877. The first-order chi connectivity index (χ1) is 8.15. The summed E-state index contributed by atoms with van der Waals surface area (Å²) in [6.07, 6.45) is 12.8. The van der Waals surface area contributed by atoms with Gasteiger partial charge in [-0.05, 0) is 24.2 Å². The molecule has 0 nitrogen and oxygen atoms in total. The Kier molecular flexibility index (Phi) is 11.1. The molecule has 0 heterocycles. The quantitative estimate of drug-likeness (QED) is 0.364. The molecule has 17 heavy (non-hydrogen) atoms. The minimum absolute atomic E-state index is 0.877. The second-order valence-electron chi connectivity index (χ2n) is 6.16. The van der Waals surface area contributed by atoms with Gasteiger partial charge in [0.05, 0.1) is 0 Å². The molecule has 2 unspecified atom stereocenters. The molecular formula is C17H36. The molecule has 0 aromatic carbocycles. The Bertz CT molecular complexity index is 148. The molecule has 0 bridgehead atoms. The van der Waals surface area contributed by atoms with Crippen molar-refractivity contribution < 1.29 is 0 Å². The zero-order valence-corrected chi connectivity index (χ0v) is 13.1. The highest BCUT2D eigenvalue weighted by atomic mass is 14.2. The average molecular weight is 240 g/mol. The lowest BCUT2D eigenvalue weighted by molar-refractivity contribution is 0.256. The van der Waals surface area contributed by atoms with Crippen molar-refractivity contribution in [3.05, 3.63) is 0 Å². The molecule has 0 rings (SSSR count). The summed E-state index contributed by atoms with van der Waals surface area (Å²) in [6.45, 7) is 11.8. The Balaban J connectivity index is 3.91. The molecule has 0 fully saturated rings. The second kappa shape index (κ2) is 11.1. The van der Waals surface area contributed by atoms with Crippen LogP contribution in [0.2, 0.25) is 0 Å². The predicted octanol–water partition coefficient (Wildman–Crippen LogP) is 6.45. The fourth-order valence-electron chi connectivity index (χ4n) is 2.93. The van der Waals surface area contributed by atoms with E-state index in [4.69, 9.17) is 0 Å². The van der Waals surface area contributed by atoms with Gasteiger partial charge in [-0.1, -0.05) is 86.0 Å². The lowest BCUT2D eigenvalue weighted by atomic mass is 9.80. The fraction of sp³-hybridized carbons (Fsp3) is 1.00. The largest absolute Gasteiger partial charge is 0.0654 e. The summed E-state index contributed by atoms with van der Waals surface area (Å²) in [5.41, 5.74) is 0. The number of rotatable bonds is 11. The summed E-state index contributed by atoms with van der Waals surface area (Å²) in [7, 11) is 0. The summed E-state index contributed by atoms with van der Waals surface area (Å²) < 4.78 is 0. The van der Waals surface area contributed by atoms with Crippen molar-refractivity contribution >= 4 is 0 Å². The minimum Gasteiger partial charge on any atom is -0.0654 e. The molecule has 0 radical (unpaired) electrons. The van der Waals surface area contributed by atoms with Gasteiger partial charge in [-0.3, -0.25) is 0 Å². The summed E-state index contributed by atoms with van der Waals surface area (Å²) >= 11 is 0. The summed E-state index contributed by atoms with van der Waals surface area (Å²) in [5.74, 6) is 2.86. The summed E-state index contributed by atoms with van der Waals surface area (Å²) in [5, 5.41) is 0. The van der Waals surface area contributed by atoms with E-state index in [1.165, 1.54) is 57.8 Å². The SMILES string of the molecule is CCCCCCC(CC)C(CC)CCC(C)C. The van der Waals surface area contributed by atoms with Crippen LogP contribution >= 0.6 is 0 Å². The Morgan fingerprint density at radius 2 is 1.24 bits per heavy atom. The third-order valence-corrected chi connectivity index (χ3v) is 4.26. The molecule has 0 aromatic heterocycles. The van der Waals surface area contributed by atoms with Crippen LogP contribution in [0.1, 0.15) is 92.4 Å². The van der Waals surface area contributed by atoms with E-state index in [1.54, 1.807) is 0 Å². The smallest absolute Gasteiger partial charge is 0.0388 e. The topological polar surface area (TPSA) is 0 Å². The summed E-state index contributed by atoms with van der Waals surface area (Å²) in [6, 6.07) is 0. The monoisotopic (exact) mass is 240 g/mol. The maximum Gasteiger partial charge on any atom is -0.0388 e. The van der Waals surface area contributed by atoms with Crippen molar-refractivity contribution in [1.29, 1.82) is 0 Å². The van der Waals surface area contributed by atoms with Gasteiger partial charge in [-0.25, -0.2) is 0 Å². The lowest BCUT2D eigenvalue weighted by Crippen LogP contribution is -2.14. The van der Waals surface area contributed by atoms with Crippen LogP contribution in [0.3, 0.4) is 0 Å². The highest BCUT2D eigenvalue weighted by molar-refractivity contribution is 4.69. The highest BCUT2D eigenvalue weighted by Crippen LogP contribution is 2.30. The van der Waals surface area contributed by atoms with Gasteiger partial charge in [0.2, 0.25) is 0 Å². The number of hydrogen-bond acceptors (Lipinski definition) is 0. The van der Waals surface area contributed by atoms with Gasteiger partial charge in [0.25, 0.3) is 0 Å². The van der Waals surface area contributed by atoms with E-state index in [9.17, 15) is 0 Å². The van der Waals surface area contributed by atoms with E-state index in [-0.39, 0.29) is 0 Å². The van der Waals surface area contributed by atoms with Gasteiger partial charge < -0.3 is 0 Å². The van der Waals surface area contributed by atoms with E-state index in [1.807, 2.05) is 0 Å². The average Bonchev–Trinajstić information content (AvgIpc) is 2.32. The van der Waals surface area contributed by atoms with Crippen molar-refractivity contribution in [1.82, 2.24) is 0 Å². The van der Waals surface area contributed by atoms with Crippen LogP contribution in [0.15, 0.2) is 0 Å². The van der Waals surface area contributed by atoms with E-state index in [0.29, 0.717) is 0 Å². The molecular weight excluding hydrogens is 204 g/mol. The molecule has 0 aliphatic heterocycles. The van der Waals surface area contributed by atoms with Crippen LogP contribution in [0.25, 0.3) is 0 Å². The van der Waals surface area contributed by atoms with Gasteiger partial charge in [0.1, 0.15) is 0 Å². The van der Waals surface area contributed by atoms with Crippen molar-refractivity contribution in [2.45, 2.75) is 92.4 Å².